The van der Waals surface area contributed by atoms with Gasteiger partial charge in [-0.05, 0) is 29.7 Å². The lowest BCUT2D eigenvalue weighted by molar-refractivity contribution is 0.258. The van der Waals surface area contributed by atoms with Crippen LogP contribution in [0.15, 0.2) is 84.9 Å². The summed E-state index contributed by atoms with van der Waals surface area (Å²) in [5, 5.41) is 1.31. The quantitative estimate of drug-likeness (QED) is 0.343. The molecule has 3 aromatic carbocycles. The van der Waals surface area contributed by atoms with Crippen LogP contribution in [-0.4, -0.2) is 16.0 Å². The van der Waals surface area contributed by atoms with Gasteiger partial charge in [-0.3, -0.25) is 4.90 Å². The van der Waals surface area contributed by atoms with Gasteiger partial charge < -0.3 is 4.57 Å². The Balaban J connectivity index is 1.59. The predicted octanol–water partition coefficient (Wildman–Crippen LogP) is 5.83. The molecule has 0 aliphatic rings. The highest BCUT2D eigenvalue weighted by atomic mass is 15.1. The van der Waals surface area contributed by atoms with E-state index in [1.807, 2.05) is 0 Å². The molecule has 1 aromatic heterocycles. The summed E-state index contributed by atoms with van der Waals surface area (Å²) in [6.07, 6.45) is 6.68. The summed E-state index contributed by atoms with van der Waals surface area (Å²) in [4.78, 5) is 2.53. The fourth-order valence-corrected chi connectivity index (χ4v) is 4.29. The Morgan fingerprint density at radius 1 is 0.800 bits per heavy atom. The Hall–Kier alpha value is -3.28. The normalized spacial score (nSPS) is 11.1. The molecule has 0 N–H and O–H groups in total. The molecule has 2 nitrogen and oxygen atoms in total. The number of para-hydroxylation sites is 1. The van der Waals surface area contributed by atoms with Gasteiger partial charge in [0.05, 0.1) is 6.54 Å². The molecule has 0 bridgehead atoms. The maximum absolute atomic E-state index is 5.71. The lowest BCUT2D eigenvalue weighted by atomic mass is 10.1. The average molecular weight is 393 g/mol. The minimum atomic E-state index is 0.612. The van der Waals surface area contributed by atoms with Gasteiger partial charge in [-0.1, -0.05) is 84.8 Å². The molecule has 0 radical (unpaired) electrons. The average Bonchev–Trinajstić information content (AvgIpc) is 3.05. The van der Waals surface area contributed by atoms with Crippen molar-refractivity contribution in [3.8, 4) is 12.3 Å². The second kappa shape index (κ2) is 9.48. The molecule has 2 heteroatoms. The molecule has 30 heavy (non-hydrogen) atoms. The van der Waals surface area contributed by atoms with E-state index in [2.05, 4.69) is 107 Å². The monoisotopic (exact) mass is 392 g/mol. The Bertz CT molecular complexity index is 1090. The highest BCUT2D eigenvalue weighted by Gasteiger charge is 2.15. The van der Waals surface area contributed by atoms with E-state index in [1.165, 1.54) is 33.3 Å². The van der Waals surface area contributed by atoms with Crippen molar-refractivity contribution < 1.29 is 0 Å². The van der Waals surface area contributed by atoms with Crippen LogP contribution < -0.4 is 0 Å². The standard InChI is InChI=1S/C28H28N2/c1-3-19-30-27(23(2)26-16-10-11-17-28(26)30)18-20-29(21-24-12-6-4-7-13-24)22-25-14-8-5-9-15-25/h1,4-17H,18-22H2,2H3. The van der Waals surface area contributed by atoms with Crippen LogP contribution in [0.1, 0.15) is 22.4 Å². The third kappa shape index (κ3) is 4.48. The molecule has 0 aliphatic carbocycles. The van der Waals surface area contributed by atoms with Crippen LogP contribution in [0.25, 0.3) is 10.9 Å². The molecule has 0 amide bonds. The zero-order valence-corrected chi connectivity index (χ0v) is 17.6. The zero-order valence-electron chi connectivity index (χ0n) is 17.6. The van der Waals surface area contributed by atoms with Gasteiger partial charge in [-0.15, -0.1) is 6.42 Å². The van der Waals surface area contributed by atoms with Gasteiger partial charge in [0.15, 0.2) is 0 Å². The van der Waals surface area contributed by atoms with Crippen molar-refractivity contribution in [1.29, 1.82) is 0 Å². The summed E-state index contributed by atoms with van der Waals surface area (Å²) in [5.74, 6) is 2.85. The smallest absolute Gasteiger partial charge is 0.0837 e. The molecule has 1 heterocycles. The van der Waals surface area contributed by atoms with Gasteiger partial charge in [0.2, 0.25) is 0 Å². The Morgan fingerprint density at radius 2 is 1.37 bits per heavy atom. The molecule has 0 spiro atoms. The van der Waals surface area contributed by atoms with Crippen LogP contribution in [-0.2, 0) is 26.1 Å². The molecule has 4 rings (SSSR count). The van der Waals surface area contributed by atoms with Crippen molar-refractivity contribution in [2.75, 3.05) is 6.54 Å². The SMILES string of the molecule is C#CCn1c(CCN(Cc2ccccc2)Cc2ccccc2)c(C)c2ccccc21. The molecular formula is C28H28N2. The van der Waals surface area contributed by atoms with Crippen molar-refractivity contribution in [3.05, 3.63) is 107 Å². The first-order valence-electron chi connectivity index (χ1n) is 10.6. The lowest BCUT2D eigenvalue weighted by Crippen LogP contribution is -2.26. The Morgan fingerprint density at radius 3 is 1.97 bits per heavy atom. The minimum absolute atomic E-state index is 0.612. The van der Waals surface area contributed by atoms with E-state index in [-0.39, 0.29) is 0 Å². The zero-order chi connectivity index (χ0) is 20.8. The van der Waals surface area contributed by atoms with Crippen molar-refractivity contribution in [2.24, 2.45) is 0 Å². The summed E-state index contributed by atoms with van der Waals surface area (Å²) in [5.41, 5.74) is 6.62. The highest BCUT2D eigenvalue weighted by Crippen LogP contribution is 2.26. The van der Waals surface area contributed by atoms with E-state index >= 15 is 0 Å². The molecule has 0 aliphatic heterocycles. The first kappa shape index (κ1) is 20.0. The summed E-state index contributed by atoms with van der Waals surface area (Å²) in [6.45, 7) is 5.68. The van der Waals surface area contributed by atoms with Crippen molar-refractivity contribution >= 4 is 10.9 Å². The summed E-state index contributed by atoms with van der Waals surface area (Å²) < 4.78 is 2.31. The van der Waals surface area contributed by atoms with Gasteiger partial charge in [-0.2, -0.15) is 0 Å². The number of hydrogen-bond acceptors (Lipinski definition) is 1. The molecule has 0 fully saturated rings. The van der Waals surface area contributed by atoms with Crippen molar-refractivity contribution in [2.45, 2.75) is 33.0 Å². The number of rotatable bonds is 8. The van der Waals surface area contributed by atoms with Gasteiger partial charge in [0.25, 0.3) is 0 Å². The molecule has 0 saturated heterocycles. The number of aromatic nitrogens is 1. The van der Waals surface area contributed by atoms with Crippen LogP contribution >= 0.6 is 0 Å². The largest absolute Gasteiger partial charge is 0.333 e. The van der Waals surface area contributed by atoms with Crippen LogP contribution in [0.2, 0.25) is 0 Å². The van der Waals surface area contributed by atoms with E-state index in [9.17, 15) is 0 Å². The topological polar surface area (TPSA) is 8.17 Å². The molecule has 0 saturated carbocycles. The van der Waals surface area contributed by atoms with Crippen LogP contribution in [0.4, 0.5) is 0 Å². The third-order valence-corrected chi connectivity index (χ3v) is 5.77. The van der Waals surface area contributed by atoms with E-state index in [4.69, 9.17) is 6.42 Å². The van der Waals surface area contributed by atoms with Gasteiger partial charge in [0, 0.05) is 42.7 Å². The summed E-state index contributed by atoms with van der Waals surface area (Å²) in [7, 11) is 0. The minimum Gasteiger partial charge on any atom is -0.333 e. The first-order valence-corrected chi connectivity index (χ1v) is 10.6. The number of terminal acetylenes is 1. The highest BCUT2D eigenvalue weighted by molar-refractivity contribution is 5.85. The molecule has 150 valence electrons. The van der Waals surface area contributed by atoms with Crippen molar-refractivity contribution in [1.82, 2.24) is 9.47 Å². The number of hydrogen-bond donors (Lipinski definition) is 0. The first-order chi connectivity index (χ1) is 14.8. The van der Waals surface area contributed by atoms with Crippen molar-refractivity contribution in [3.63, 3.8) is 0 Å². The third-order valence-electron chi connectivity index (χ3n) is 5.77. The summed E-state index contributed by atoms with van der Waals surface area (Å²) >= 11 is 0. The maximum atomic E-state index is 5.71. The van der Waals surface area contributed by atoms with Gasteiger partial charge in [-0.25, -0.2) is 0 Å². The molecule has 4 aromatic rings. The van der Waals surface area contributed by atoms with Gasteiger partial charge in [0.1, 0.15) is 0 Å². The fraction of sp³-hybridized carbons (Fsp3) is 0.214. The van der Waals surface area contributed by atoms with E-state index in [0.717, 1.165) is 26.1 Å². The molecule has 0 unspecified atom stereocenters. The van der Waals surface area contributed by atoms with Gasteiger partial charge >= 0.3 is 0 Å². The van der Waals surface area contributed by atoms with E-state index < -0.39 is 0 Å². The summed E-state index contributed by atoms with van der Waals surface area (Å²) in [6, 6.07) is 30.0. The molecular weight excluding hydrogens is 364 g/mol. The number of fused-ring (bicyclic) bond motifs is 1. The maximum Gasteiger partial charge on any atom is 0.0837 e. The fourth-order valence-electron chi connectivity index (χ4n) is 4.29. The molecule has 0 atom stereocenters. The van der Waals surface area contributed by atoms with Crippen LogP contribution in [0, 0.1) is 19.3 Å². The predicted molar refractivity (Wildman–Crippen MR) is 126 cm³/mol. The van der Waals surface area contributed by atoms with Crippen LogP contribution in [0.3, 0.4) is 0 Å². The number of aryl methyl sites for hydroxylation is 1. The van der Waals surface area contributed by atoms with Crippen LogP contribution in [0.5, 0.6) is 0 Å². The Labute approximate surface area is 179 Å². The number of benzene rings is 3. The second-order valence-electron chi connectivity index (χ2n) is 7.81. The lowest BCUT2D eigenvalue weighted by Gasteiger charge is -2.23. The van der Waals surface area contributed by atoms with E-state index in [0.29, 0.717) is 6.54 Å². The number of nitrogens with zero attached hydrogens (tertiary/aromatic N) is 2. The second-order valence-corrected chi connectivity index (χ2v) is 7.81. The Kier molecular flexibility index (Phi) is 6.32. The van der Waals surface area contributed by atoms with E-state index in [1.54, 1.807) is 0 Å².